The summed E-state index contributed by atoms with van der Waals surface area (Å²) >= 11 is 0. The number of hydrogen-bond acceptors (Lipinski definition) is 2. The Morgan fingerprint density at radius 2 is 1.84 bits per heavy atom. The van der Waals surface area contributed by atoms with E-state index in [0.29, 0.717) is 0 Å². The maximum atomic E-state index is 5.62. The molecule has 0 unspecified atom stereocenters. The highest BCUT2D eigenvalue weighted by molar-refractivity contribution is 5.69. The Kier molecular flexibility index (Phi) is 5.96. The van der Waals surface area contributed by atoms with E-state index in [1.54, 1.807) is 6.26 Å². The second-order valence-electron chi connectivity index (χ2n) is 5.06. The van der Waals surface area contributed by atoms with Gasteiger partial charge in [-0.25, -0.2) is 0 Å². The van der Waals surface area contributed by atoms with E-state index in [1.807, 2.05) is 12.3 Å². The number of unbranched alkanes of at least 4 members (excludes halogenated alkanes) is 3. The summed E-state index contributed by atoms with van der Waals surface area (Å²) in [6.07, 6.45) is 10.8. The average Bonchev–Trinajstić information content (AvgIpc) is 2.85. The Morgan fingerprint density at radius 1 is 1.00 bits per heavy atom. The normalized spacial score (nSPS) is 11.2. The first-order chi connectivity index (χ1) is 9.42. The molecule has 2 heteroatoms. The summed E-state index contributed by atoms with van der Waals surface area (Å²) in [6, 6.07) is 6.40. The monoisotopic (exact) mass is 260 g/mol. The maximum absolute atomic E-state index is 5.62. The second kappa shape index (κ2) is 8.00. The molecule has 0 fully saturated rings. The molecule has 0 atom stereocenters. The molecule has 0 saturated heterocycles. The minimum atomic E-state index is 0.896. The van der Waals surface area contributed by atoms with E-state index in [1.165, 1.54) is 42.4 Å². The summed E-state index contributed by atoms with van der Waals surface area (Å²) in [5.41, 5.74) is 3.92. The van der Waals surface area contributed by atoms with Crippen LogP contribution in [0, 0.1) is 0 Å². The van der Waals surface area contributed by atoms with Gasteiger partial charge in [-0.1, -0.05) is 31.9 Å². The molecule has 0 N–H and O–H groups in total. The Labute approximate surface area is 116 Å². The Bertz CT molecular complexity index is 433. The van der Waals surface area contributed by atoms with Crippen LogP contribution in [0.15, 0.2) is 35.1 Å². The molecule has 0 aromatic rings. The zero-order valence-corrected chi connectivity index (χ0v) is 11.9. The van der Waals surface area contributed by atoms with Gasteiger partial charge in [-0.3, -0.25) is 0 Å². The predicted molar refractivity (Wildman–Crippen MR) is 78.6 cm³/mol. The van der Waals surface area contributed by atoms with E-state index in [9.17, 15) is 0 Å². The first-order valence-corrected chi connectivity index (χ1v) is 7.43. The topological polar surface area (TPSA) is 22.4 Å². The van der Waals surface area contributed by atoms with Crippen molar-refractivity contribution in [3.8, 4) is 11.1 Å². The lowest BCUT2D eigenvalue weighted by atomic mass is 10.1. The summed E-state index contributed by atoms with van der Waals surface area (Å²) in [6.45, 7) is 4.04. The molecule has 0 radical (unpaired) electrons. The lowest BCUT2D eigenvalue weighted by molar-refractivity contribution is 0.126. The first-order valence-electron chi connectivity index (χ1n) is 7.43. The van der Waals surface area contributed by atoms with Crippen LogP contribution in [0.2, 0.25) is 0 Å². The number of fused-ring (bicyclic) bond motifs is 1. The summed E-state index contributed by atoms with van der Waals surface area (Å²) in [5, 5.41) is 0. The molecule has 1 heterocycles. The highest BCUT2D eigenvalue weighted by Gasteiger charge is 2.08. The van der Waals surface area contributed by atoms with Gasteiger partial charge in [-0.2, -0.15) is 0 Å². The quantitative estimate of drug-likeness (QED) is 0.597. The van der Waals surface area contributed by atoms with Crippen molar-refractivity contribution in [3.05, 3.63) is 36.3 Å². The summed E-state index contributed by atoms with van der Waals surface area (Å²) in [4.78, 5) is 0. The van der Waals surface area contributed by atoms with E-state index < -0.39 is 0 Å². The smallest absolute Gasteiger partial charge is 0.0982 e. The van der Waals surface area contributed by atoms with Crippen LogP contribution in [-0.4, -0.2) is 13.2 Å². The molecule has 1 aliphatic carbocycles. The van der Waals surface area contributed by atoms with Gasteiger partial charge in [0.15, 0.2) is 0 Å². The van der Waals surface area contributed by atoms with Crippen LogP contribution in [0.4, 0.5) is 0 Å². The van der Waals surface area contributed by atoms with Crippen molar-refractivity contribution in [2.24, 2.45) is 0 Å². The third-order valence-electron chi connectivity index (χ3n) is 3.51. The van der Waals surface area contributed by atoms with Crippen molar-refractivity contribution in [1.29, 1.82) is 0 Å². The van der Waals surface area contributed by atoms with Crippen LogP contribution < -0.4 is 0 Å². The lowest BCUT2D eigenvalue weighted by Crippen LogP contribution is -1.97. The van der Waals surface area contributed by atoms with Crippen LogP contribution in [0.3, 0.4) is 0 Å². The number of aryl methyl sites for hydroxylation is 1. The van der Waals surface area contributed by atoms with Gasteiger partial charge in [-0.15, -0.1) is 0 Å². The van der Waals surface area contributed by atoms with E-state index in [-0.39, 0.29) is 0 Å². The molecular formula is C17H24O2. The largest absolute Gasteiger partial charge is 0.472 e. The molecule has 19 heavy (non-hydrogen) atoms. The van der Waals surface area contributed by atoms with E-state index in [4.69, 9.17) is 9.15 Å². The molecule has 2 rings (SSSR count). The minimum Gasteiger partial charge on any atom is -0.472 e. The van der Waals surface area contributed by atoms with Crippen molar-refractivity contribution in [2.75, 3.05) is 13.2 Å². The lowest BCUT2D eigenvalue weighted by Gasteiger charge is -2.05. The average molecular weight is 260 g/mol. The molecular weight excluding hydrogens is 236 g/mol. The molecule has 0 bridgehead atoms. The predicted octanol–water partition coefficient (Wildman–Crippen LogP) is 4.91. The van der Waals surface area contributed by atoms with Gasteiger partial charge < -0.3 is 9.15 Å². The second-order valence-corrected chi connectivity index (χ2v) is 5.06. The van der Waals surface area contributed by atoms with Crippen molar-refractivity contribution in [1.82, 2.24) is 0 Å². The molecule has 1 aliphatic heterocycles. The SMILES string of the molecule is CCCCCOCCCCc1ccc2ccocc1-2. The number of ether oxygens (including phenoxy) is 1. The maximum Gasteiger partial charge on any atom is 0.0982 e. The van der Waals surface area contributed by atoms with Gasteiger partial charge >= 0.3 is 0 Å². The fraction of sp³-hybridized carbons (Fsp3) is 0.529. The minimum absolute atomic E-state index is 0.896. The zero-order chi connectivity index (χ0) is 13.3. The molecule has 0 aromatic heterocycles. The standard InChI is InChI=1S/C17H24O2/c1-2-3-5-11-18-12-6-4-7-15-8-9-16-10-13-19-14-17(15)16/h8-10,13-14H,2-7,11-12H2,1H3. The molecule has 104 valence electrons. The summed E-state index contributed by atoms with van der Waals surface area (Å²) in [7, 11) is 0. The summed E-state index contributed by atoms with van der Waals surface area (Å²) < 4.78 is 10.9. The van der Waals surface area contributed by atoms with E-state index >= 15 is 0 Å². The van der Waals surface area contributed by atoms with Gasteiger partial charge in [-0.05, 0) is 42.9 Å². The van der Waals surface area contributed by atoms with Gasteiger partial charge in [0.1, 0.15) is 0 Å². The molecule has 2 aliphatic rings. The van der Waals surface area contributed by atoms with Crippen molar-refractivity contribution >= 4 is 0 Å². The molecule has 0 aromatic carbocycles. The Morgan fingerprint density at radius 3 is 2.68 bits per heavy atom. The van der Waals surface area contributed by atoms with Crippen molar-refractivity contribution in [2.45, 2.75) is 45.4 Å². The van der Waals surface area contributed by atoms with Crippen LogP contribution in [0.1, 0.15) is 44.6 Å². The molecule has 0 saturated carbocycles. The van der Waals surface area contributed by atoms with E-state index in [0.717, 1.165) is 26.1 Å². The van der Waals surface area contributed by atoms with E-state index in [2.05, 4.69) is 19.1 Å². The van der Waals surface area contributed by atoms with Crippen LogP contribution in [0.25, 0.3) is 11.1 Å². The van der Waals surface area contributed by atoms with Crippen molar-refractivity contribution in [3.63, 3.8) is 0 Å². The van der Waals surface area contributed by atoms with Crippen LogP contribution >= 0.6 is 0 Å². The zero-order valence-electron chi connectivity index (χ0n) is 11.9. The summed E-state index contributed by atoms with van der Waals surface area (Å²) in [5.74, 6) is 0. The van der Waals surface area contributed by atoms with Crippen molar-refractivity contribution < 1.29 is 9.15 Å². The fourth-order valence-electron chi connectivity index (χ4n) is 2.36. The highest BCUT2D eigenvalue weighted by Crippen LogP contribution is 2.28. The van der Waals surface area contributed by atoms with Gasteiger partial charge in [0.25, 0.3) is 0 Å². The Balaban J connectivity index is 1.61. The third-order valence-corrected chi connectivity index (χ3v) is 3.51. The van der Waals surface area contributed by atoms with Gasteiger partial charge in [0, 0.05) is 18.8 Å². The molecule has 0 amide bonds. The Hall–Kier alpha value is -1.28. The van der Waals surface area contributed by atoms with Gasteiger partial charge in [0.2, 0.25) is 0 Å². The highest BCUT2D eigenvalue weighted by atomic mass is 16.5. The third kappa shape index (κ3) is 4.39. The molecule has 0 spiro atoms. The molecule has 2 nitrogen and oxygen atoms in total. The first kappa shape index (κ1) is 14.1. The number of rotatable bonds is 9. The number of hydrogen-bond donors (Lipinski definition) is 0. The van der Waals surface area contributed by atoms with Crippen LogP contribution in [-0.2, 0) is 11.2 Å². The van der Waals surface area contributed by atoms with Crippen LogP contribution in [0.5, 0.6) is 0 Å². The van der Waals surface area contributed by atoms with Gasteiger partial charge in [0.05, 0.1) is 12.5 Å². The fourth-order valence-corrected chi connectivity index (χ4v) is 2.36.